The molecule has 0 atom stereocenters. The van der Waals surface area contributed by atoms with Gasteiger partial charge in [0.15, 0.2) is 0 Å². The first-order chi connectivity index (χ1) is 9.23. The molecule has 0 unspecified atom stereocenters. The van der Waals surface area contributed by atoms with E-state index in [1.54, 1.807) is 30.0 Å². The zero-order valence-electron chi connectivity index (χ0n) is 12.7. The number of rotatable bonds is 5. The van der Waals surface area contributed by atoms with Gasteiger partial charge >= 0.3 is 0 Å². The van der Waals surface area contributed by atoms with Crippen LogP contribution in [0.3, 0.4) is 0 Å². The van der Waals surface area contributed by atoms with Crippen LogP contribution >= 0.6 is 0 Å². The van der Waals surface area contributed by atoms with E-state index in [0.717, 1.165) is 6.26 Å². The number of carbonyl (C=O) groups is 1. The molecular weight excluding hydrogens is 276 g/mol. The summed E-state index contributed by atoms with van der Waals surface area (Å²) in [5, 5.41) is 0. The number of anilines is 1. The topological polar surface area (TPSA) is 57.7 Å². The maximum Gasteiger partial charge on any atom is 0.254 e. The largest absolute Gasteiger partial charge is 0.339 e. The fraction of sp³-hybridized carbons (Fsp3) is 0.500. The molecule has 1 rings (SSSR count). The summed E-state index contributed by atoms with van der Waals surface area (Å²) in [6, 6.07) is 5.14. The lowest BCUT2D eigenvalue weighted by Gasteiger charge is -2.23. The molecule has 1 amide bonds. The average molecular weight is 298 g/mol. The van der Waals surface area contributed by atoms with Crippen molar-refractivity contribution in [3.8, 4) is 0 Å². The summed E-state index contributed by atoms with van der Waals surface area (Å²) < 4.78 is 24.5. The molecule has 0 spiro atoms. The Kier molecular flexibility index (Phi) is 5.16. The zero-order valence-corrected chi connectivity index (χ0v) is 13.5. The number of hydrogen-bond acceptors (Lipinski definition) is 3. The summed E-state index contributed by atoms with van der Waals surface area (Å²) in [6.07, 6.45) is 1.14. The normalized spacial score (nSPS) is 11.2. The number of benzene rings is 1. The molecule has 0 N–H and O–H groups in total. The van der Waals surface area contributed by atoms with Gasteiger partial charge in [-0.1, -0.05) is 6.07 Å². The van der Waals surface area contributed by atoms with Gasteiger partial charge in [-0.15, -0.1) is 0 Å². The van der Waals surface area contributed by atoms with E-state index in [1.165, 1.54) is 11.4 Å². The van der Waals surface area contributed by atoms with Crippen LogP contribution in [0.25, 0.3) is 0 Å². The minimum Gasteiger partial charge on any atom is -0.339 e. The van der Waals surface area contributed by atoms with Crippen LogP contribution in [0.4, 0.5) is 5.69 Å². The van der Waals surface area contributed by atoms with E-state index in [4.69, 9.17) is 0 Å². The third-order valence-electron chi connectivity index (χ3n) is 3.42. The van der Waals surface area contributed by atoms with Gasteiger partial charge in [0, 0.05) is 25.7 Å². The Labute approximate surface area is 121 Å². The van der Waals surface area contributed by atoms with Gasteiger partial charge in [0.1, 0.15) is 0 Å². The van der Waals surface area contributed by atoms with Crippen LogP contribution < -0.4 is 4.31 Å². The molecule has 5 nitrogen and oxygen atoms in total. The second-order valence-electron chi connectivity index (χ2n) is 4.66. The summed E-state index contributed by atoms with van der Waals surface area (Å²) in [4.78, 5) is 14.1. The molecule has 20 heavy (non-hydrogen) atoms. The van der Waals surface area contributed by atoms with Crippen molar-refractivity contribution in [1.82, 2.24) is 4.90 Å². The molecule has 112 valence electrons. The highest BCUT2D eigenvalue weighted by Crippen LogP contribution is 2.24. The van der Waals surface area contributed by atoms with Crippen molar-refractivity contribution in [1.29, 1.82) is 0 Å². The summed E-state index contributed by atoms with van der Waals surface area (Å²) in [7, 11) is -1.85. The first-order valence-electron chi connectivity index (χ1n) is 6.56. The lowest BCUT2D eigenvalue weighted by atomic mass is 10.1. The minimum absolute atomic E-state index is 0.0729. The van der Waals surface area contributed by atoms with E-state index in [9.17, 15) is 13.2 Å². The second kappa shape index (κ2) is 6.26. The number of amides is 1. The molecule has 0 aliphatic rings. The van der Waals surface area contributed by atoms with Crippen LogP contribution in [0.15, 0.2) is 18.2 Å². The smallest absolute Gasteiger partial charge is 0.254 e. The molecule has 1 aromatic rings. The highest BCUT2D eigenvalue weighted by atomic mass is 32.2. The number of nitrogens with zero attached hydrogens (tertiary/aromatic N) is 2. The highest BCUT2D eigenvalue weighted by molar-refractivity contribution is 7.92. The molecule has 0 radical (unpaired) electrons. The van der Waals surface area contributed by atoms with Crippen molar-refractivity contribution in [2.24, 2.45) is 0 Å². The van der Waals surface area contributed by atoms with Crippen LogP contribution in [-0.4, -0.2) is 45.6 Å². The maximum absolute atomic E-state index is 12.4. The lowest BCUT2D eigenvalue weighted by molar-refractivity contribution is 0.0772. The Morgan fingerprint density at radius 3 is 2.20 bits per heavy atom. The summed E-state index contributed by atoms with van der Waals surface area (Å²) in [5.74, 6) is -0.0729. The second-order valence-corrected chi connectivity index (χ2v) is 6.67. The molecular formula is C14H22N2O3S. The van der Waals surface area contributed by atoms with Gasteiger partial charge < -0.3 is 4.90 Å². The molecule has 0 bridgehead atoms. The molecule has 0 aliphatic heterocycles. The number of carbonyl (C=O) groups excluding carboxylic acids is 1. The van der Waals surface area contributed by atoms with Gasteiger partial charge in [0.25, 0.3) is 5.91 Å². The monoisotopic (exact) mass is 298 g/mol. The van der Waals surface area contributed by atoms with Crippen LogP contribution in [0.5, 0.6) is 0 Å². The standard InChI is InChI=1S/C14H22N2O3S/c1-6-16(7-2)14(17)12-9-8-10-13(11(12)3)15(4)20(5,18)19/h8-10H,6-7H2,1-5H3. The minimum atomic E-state index is -3.34. The fourth-order valence-corrected chi connectivity index (χ4v) is 2.61. The van der Waals surface area contributed by atoms with Gasteiger partial charge in [-0.3, -0.25) is 9.10 Å². The third-order valence-corrected chi connectivity index (χ3v) is 4.61. The molecule has 0 saturated heterocycles. The fourth-order valence-electron chi connectivity index (χ4n) is 2.06. The predicted octanol–water partition coefficient (Wildman–Crippen LogP) is 1.87. The Morgan fingerprint density at radius 1 is 1.20 bits per heavy atom. The summed E-state index contributed by atoms with van der Waals surface area (Å²) in [6.45, 7) is 6.86. The van der Waals surface area contributed by atoms with Crippen LogP contribution in [0.1, 0.15) is 29.8 Å². The predicted molar refractivity (Wildman–Crippen MR) is 81.7 cm³/mol. The SMILES string of the molecule is CCN(CC)C(=O)c1cccc(N(C)S(C)(=O)=O)c1C. The van der Waals surface area contributed by atoms with Gasteiger partial charge in [-0.2, -0.15) is 0 Å². The van der Waals surface area contributed by atoms with E-state index < -0.39 is 10.0 Å². The Hall–Kier alpha value is -1.56. The van der Waals surface area contributed by atoms with E-state index >= 15 is 0 Å². The lowest BCUT2D eigenvalue weighted by Crippen LogP contribution is -2.32. The molecule has 0 fully saturated rings. The van der Waals surface area contributed by atoms with Crippen LogP contribution in [0, 0.1) is 6.92 Å². The van der Waals surface area contributed by atoms with Crippen LogP contribution in [0.2, 0.25) is 0 Å². The molecule has 0 aromatic heterocycles. The van der Waals surface area contributed by atoms with Crippen molar-refractivity contribution in [2.45, 2.75) is 20.8 Å². The highest BCUT2D eigenvalue weighted by Gasteiger charge is 2.20. The first-order valence-corrected chi connectivity index (χ1v) is 8.41. The van der Waals surface area contributed by atoms with Gasteiger partial charge in [-0.05, 0) is 38.5 Å². The Balaban J connectivity index is 3.30. The van der Waals surface area contributed by atoms with Crippen LogP contribution in [-0.2, 0) is 10.0 Å². The Bertz CT molecular complexity index is 592. The summed E-state index contributed by atoms with van der Waals surface area (Å²) >= 11 is 0. The number of sulfonamides is 1. The van der Waals surface area contributed by atoms with Crippen molar-refractivity contribution in [2.75, 3.05) is 30.7 Å². The van der Waals surface area contributed by atoms with Crippen molar-refractivity contribution >= 4 is 21.6 Å². The maximum atomic E-state index is 12.4. The van der Waals surface area contributed by atoms with E-state index in [0.29, 0.717) is 29.9 Å². The molecule has 0 heterocycles. The van der Waals surface area contributed by atoms with E-state index in [2.05, 4.69) is 0 Å². The first kappa shape index (κ1) is 16.5. The third kappa shape index (κ3) is 3.30. The quantitative estimate of drug-likeness (QED) is 0.834. The van der Waals surface area contributed by atoms with Gasteiger partial charge in [-0.25, -0.2) is 8.42 Å². The van der Waals surface area contributed by atoms with Crippen molar-refractivity contribution in [3.05, 3.63) is 29.3 Å². The van der Waals surface area contributed by atoms with Gasteiger partial charge in [0.05, 0.1) is 11.9 Å². The molecule has 0 aliphatic carbocycles. The van der Waals surface area contributed by atoms with Crippen molar-refractivity contribution < 1.29 is 13.2 Å². The van der Waals surface area contributed by atoms with E-state index in [1.807, 2.05) is 13.8 Å². The average Bonchev–Trinajstić information content (AvgIpc) is 2.38. The molecule has 1 aromatic carbocycles. The van der Waals surface area contributed by atoms with Crippen molar-refractivity contribution in [3.63, 3.8) is 0 Å². The molecule has 0 saturated carbocycles. The van der Waals surface area contributed by atoms with E-state index in [-0.39, 0.29) is 5.91 Å². The zero-order chi connectivity index (χ0) is 15.5. The van der Waals surface area contributed by atoms with Gasteiger partial charge in [0.2, 0.25) is 10.0 Å². The number of hydrogen-bond donors (Lipinski definition) is 0. The summed E-state index contributed by atoms with van der Waals surface area (Å²) in [5.41, 5.74) is 1.75. The molecule has 6 heteroatoms. The Morgan fingerprint density at radius 2 is 1.75 bits per heavy atom.